The summed E-state index contributed by atoms with van der Waals surface area (Å²) < 4.78 is 17.1. The molecule has 0 aromatic heterocycles. The van der Waals surface area contributed by atoms with Gasteiger partial charge in [0.25, 0.3) is 0 Å². The van der Waals surface area contributed by atoms with E-state index in [-0.39, 0.29) is 0 Å². The maximum Gasteiger partial charge on any atom is 0.588 e. The van der Waals surface area contributed by atoms with E-state index in [1.807, 2.05) is 0 Å². The van der Waals surface area contributed by atoms with E-state index < -0.39 is 8.88 Å². The van der Waals surface area contributed by atoms with E-state index in [4.69, 9.17) is 8.85 Å². The Balaban J connectivity index is 3.08. The third-order valence-corrected chi connectivity index (χ3v) is 7.65. The molecule has 0 fully saturated rings. The van der Waals surface area contributed by atoms with Crippen LogP contribution < -0.4 is 0 Å². The summed E-state index contributed by atoms with van der Waals surface area (Å²) in [6.07, 6.45) is 6.51. The Bertz CT molecular complexity index is 271. The van der Waals surface area contributed by atoms with Gasteiger partial charge in [0.1, 0.15) is 0 Å². The molecular weight excluding hydrogens is 256 g/mol. The Morgan fingerprint density at radius 3 is 1.47 bits per heavy atom. The van der Waals surface area contributed by atoms with Crippen molar-refractivity contribution in [2.75, 3.05) is 13.2 Å². The molecule has 0 saturated carbocycles. The summed E-state index contributed by atoms with van der Waals surface area (Å²) in [5.41, 5.74) is 0. The second-order valence-electron chi connectivity index (χ2n) is 5.04. The van der Waals surface area contributed by atoms with E-state index in [2.05, 4.69) is 63.1 Å². The Morgan fingerprint density at radius 1 is 0.842 bits per heavy atom. The van der Waals surface area contributed by atoms with Crippen LogP contribution in [0.4, 0.5) is 0 Å². The minimum absolute atomic E-state index is 0.440. The van der Waals surface area contributed by atoms with E-state index in [1.165, 1.54) is 0 Å². The fourth-order valence-electron chi connectivity index (χ4n) is 2.43. The lowest BCUT2D eigenvalue weighted by molar-refractivity contribution is 0.0814. The van der Waals surface area contributed by atoms with Gasteiger partial charge in [-0.1, -0.05) is 13.8 Å². The Kier molecular flexibility index (Phi) is 6.36. The molecule has 0 saturated heterocycles. The second-order valence-corrected chi connectivity index (χ2v) is 7.75. The van der Waals surface area contributed by atoms with Crippen molar-refractivity contribution in [1.82, 2.24) is 9.13 Å². The molecule has 5 heteroatoms. The van der Waals surface area contributed by atoms with Crippen LogP contribution in [0.3, 0.4) is 0 Å². The minimum Gasteiger partial charge on any atom is -0.362 e. The predicted molar refractivity (Wildman–Crippen MR) is 81.3 cm³/mol. The summed E-state index contributed by atoms with van der Waals surface area (Å²) in [5.74, 6) is 0. The van der Waals surface area contributed by atoms with Crippen molar-refractivity contribution in [1.29, 1.82) is 0 Å². The lowest BCUT2D eigenvalue weighted by Gasteiger charge is -2.44. The van der Waals surface area contributed by atoms with Gasteiger partial charge in [-0.15, -0.1) is 0 Å². The molecule has 0 aromatic carbocycles. The number of nitrogens with zero attached hydrogens (tertiary/aromatic N) is 2. The maximum absolute atomic E-state index is 6.21. The van der Waals surface area contributed by atoms with Crippen LogP contribution in [0.15, 0.2) is 12.4 Å². The Labute approximate surface area is 119 Å². The number of hydrogen-bond acceptors (Lipinski definition) is 4. The van der Waals surface area contributed by atoms with Gasteiger partial charge in [0.05, 0.1) is 0 Å². The summed E-state index contributed by atoms with van der Waals surface area (Å²) >= 11 is 0. The van der Waals surface area contributed by atoms with Crippen molar-refractivity contribution in [3.8, 4) is 0 Å². The SMILES string of the molecule is CCO[Si]1(OCC)N(C(C)CC)C=CN1C(C)CC. The third-order valence-electron chi connectivity index (χ3n) is 3.84. The zero-order valence-electron chi connectivity index (χ0n) is 13.3. The lowest BCUT2D eigenvalue weighted by atomic mass is 10.3. The first kappa shape index (κ1) is 16.5. The molecule has 112 valence electrons. The number of hydrogen-bond donors (Lipinski definition) is 0. The van der Waals surface area contributed by atoms with Gasteiger partial charge in [-0.25, -0.2) is 0 Å². The molecule has 0 bridgehead atoms. The summed E-state index contributed by atoms with van der Waals surface area (Å²) in [6, 6.07) is 0.880. The molecule has 0 N–H and O–H groups in total. The van der Waals surface area contributed by atoms with Gasteiger partial charge >= 0.3 is 8.88 Å². The fraction of sp³-hybridized carbons (Fsp3) is 0.857. The van der Waals surface area contributed by atoms with Gasteiger partial charge in [0.2, 0.25) is 0 Å². The highest BCUT2D eigenvalue weighted by Crippen LogP contribution is 2.31. The first-order valence-corrected chi connectivity index (χ1v) is 9.31. The quantitative estimate of drug-likeness (QED) is 0.640. The van der Waals surface area contributed by atoms with Crippen LogP contribution in [0.1, 0.15) is 54.4 Å². The normalized spacial score (nSPS) is 20.9. The Hall–Kier alpha value is -0.523. The standard InChI is InChI=1S/C14H30N2O2Si/c1-7-13(5)15-11-12-16(14(6)8-2)19(15,17-9-3)18-10-4/h11-14H,7-10H2,1-6H3. The van der Waals surface area contributed by atoms with Crippen LogP contribution in [-0.2, 0) is 8.85 Å². The minimum atomic E-state index is -2.50. The molecule has 0 amide bonds. The highest BCUT2D eigenvalue weighted by atomic mass is 28.4. The van der Waals surface area contributed by atoms with Crippen molar-refractivity contribution in [2.24, 2.45) is 0 Å². The van der Waals surface area contributed by atoms with E-state index >= 15 is 0 Å². The predicted octanol–water partition coefficient (Wildman–Crippen LogP) is 3.18. The van der Waals surface area contributed by atoms with Crippen LogP contribution in [0.2, 0.25) is 0 Å². The molecule has 2 atom stereocenters. The average Bonchev–Trinajstić information content (AvgIpc) is 2.77. The first-order chi connectivity index (χ1) is 9.07. The monoisotopic (exact) mass is 286 g/mol. The molecule has 4 nitrogen and oxygen atoms in total. The van der Waals surface area contributed by atoms with E-state index in [0.717, 1.165) is 12.8 Å². The largest absolute Gasteiger partial charge is 0.588 e. The van der Waals surface area contributed by atoms with Crippen LogP contribution in [0.5, 0.6) is 0 Å². The van der Waals surface area contributed by atoms with Crippen LogP contribution in [0.25, 0.3) is 0 Å². The molecule has 0 radical (unpaired) electrons. The van der Waals surface area contributed by atoms with E-state index in [9.17, 15) is 0 Å². The first-order valence-electron chi connectivity index (χ1n) is 7.60. The van der Waals surface area contributed by atoms with E-state index in [0.29, 0.717) is 25.3 Å². The van der Waals surface area contributed by atoms with Gasteiger partial charge in [-0.05, 0) is 40.5 Å². The van der Waals surface area contributed by atoms with E-state index in [1.54, 1.807) is 0 Å². The lowest BCUT2D eigenvalue weighted by Crippen LogP contribution is -2.67. The smallest absolute Gasteiger partial charge is 0.362 e. The van der Waals surface area contributed by atoms with Crippen LogP contribution in [-0.4, -0.2) is 43.3 Å². The van der Waals surface area contributed by atoms with Gasteiger partial charge in [-0.3, -0.25) is 0 Å². The zero-order chi connectivity index (χ0) is 14.5. The highest BCUT2D eigenvalue weighted by Gasteiger charge is 2.56. The van der Waals surface area contributed by atoms with Crippen LogP contribution >= 0.6 is 0 Å². The van der Waals surface area contributed by atoms with Gasteiger partial charge in [0.15, 0.2) is 0 Å². The summed E-state index contributed by atoms with van der Waals surface area (Å²) in [4.78, 5) is 0. The van der Waals surface area contributed by atoms with Gasteiger partial charge in [-0.2, -0.15) is 0 Å². The van der Waals surface area contributed by atoms with Crippen molar-refractivity contribution >= 4 is 8.88 Å². The molecule has 0 spiro atoms. The number of rotatable bonds is 8. The van der Waals surface area contributed by atoms with Crippen molar-refractivity contribution < 1.29 is 8.85 Å². The molecule has 2 unspecified atom stereocenters. The molecule has 1 aliphatic heterocycles. The van der Waals surface area contributed by atoms with Crippen LogP contribution in [0, 0.1) is 0 Å². The molecule has 1 rings (SSSR count). The third kappa shape index (κ3) is 3.15. The molecule has 1 aliphatic rings. The van der Waals surface area contributed by atoms with Crippen molar-refractivity contribution in [2.45, 2.75) is 66.5 Å². The summed E-state index contributed by atoms with van der Waals surface area (Å²) in [7, 11) is -2.50. The van der Waals surface area contributed by atoms with Crippen molar-refractivity contribution in [3.05, 3.63) is 12.4 Å². The Morgan fingerprint density at radius 2 is 1.21 bits per heavy atom. The van der Waals surface area contributed by atoms with Gasteiger partial charge < -0.3 is 18.0 Å². The summed E-state index contributed by atoms with van der Waals surface area (Å²) in [6.45, 7) is 14.4. The fourth-order valence-corrected chi connectivity index (χ4v) is 6.11. The van der Waals surface area contributed by atoms with Gasteiger partial charge in [0, 0.05) is 37.7 Å². The van der Waals surface area contributed by atoms with Crippen molar-refractivity contribution in [3.63, 3.8) is 0 Å². The topological polar surface area (TPSA) is 24.9 Å². The zero-order valence-corrected chi connectivity index (χ0v) is 14.3. The molecular formula is C14H30N2O2Si. The average molecular weight is 286 g/mol. The molecule has 19 heavy (non-hydrogen) atoms. The summed E-state index contributed by atoms with van der Waals surface area (Å²) in [5, 5.41) is 0. The molecule has 1 heterocycles. The maximum atomic E-state index is 6.21. The highest BCUT2D eigenvalue weighted by molar-refractivity contribution is 6.63. The second kappa shape index (κ2) is 7.31. The molecule has 0 aliphatic carbocycles. The molecule has 0 aromatic rings.